The normalized spacial score (nSPS) is 11.9. The average molecular weight is 441 g/mol. The lowest BCUT2D eigenvalue weighted by atomic mass is 10.2. The predicted molar refractivity (Wildman–Crippen MR) is 123 cm³/mol. The summed E-state index contributed by atoms with van der Waals surface area (Å²) in [6.07, 6.45) is -0.314. The van der Waals surface area contributed by atoms with Gasteiger partial charge >= 0.3 is 0 Å². The molecule has 0 bridgehead atoms. The Labute approximate surface area is 187 Å². The molecule has 1 heterocycles. The van der Waals surface area contributed by atoms with Gasteiger partial charge in [0.2, 0.25) is 5.91 Å². The van der Waals surface area contributed by atoms with Crippen LogP contribution in [0, 0.1) is 5.92 Å². The smallest absolute Gasteiger partial charge is 0.234 e. The summed E-state index contributed by atoms with van der Waals surface area (Å²) < 4.78 is 13.4. The van der Waals surface area contributed by atoms with Gasteiger partial charge in [0.15, 0.2) is 17.1 Å². The molecule has 0 aliphatic rings. The number of ether oxygens (including phenoxy) is 2. The van der Waals surface area contributed by atoms with Crippen molar-refractivity contribution in [2.45, 2.75) is 38.6 Å². The number of carbonyl (C=O) groups excluding carboxylic acids is 1. The second-order valence-electron chi connectivity index (χ2n) is 7.49. The summed E-state index contributed by atoms with van der Waals surface area (Å²) in [6.45, 7) is 6.94. The number of nitrogens with zero attached hydrogens (tertiary/aromatic N) is 3. The molecule has 1 unspecified atom stereocenters. The second-order valence-corrected chi connectivity index (χ2v) is 8.43. The molecule has 1 atom stereocenters. The molecule has 0 fully saturated rings. The Morgan fingerprint density at radius 2 is 1.81 bits per heavy atom. The number of aromatic nitrogens is 3. The van der Waals surface area contributed by atoms with Gasteiger partial charge in [0.25, 0.3) is 0 Å². The van der Waals surface area contributed by atoms with Gasteiger partial charge in [0.1, 0.15) is 11.5 Å². The third kappa shape index (κ3) is 6.49. The zero-order valence-electron chi connectivity index (χ0n) is 18.2. The van der Waals surface area contributed by atoms with Gasteiger partial charge in [-0.2, -0.15) is 0 Å². The predicted octanol–water partition coefficient (Wildman–Crippen LogP) is 4.81. The highest BCUT2D eigenvalue weighted by molar-refractivity contribution is 7.99. The molecule has 0 saturated heterocycles. The maximum atomic E-state index is 12.3. The van der Waals surface area contributed by atoms with Crippen LogP contribution in [0.25, 0.3) is 0 Å². The van der Waals surface area contributed by atoms with Crippen LogP contribution >= 0.6 is 11.8 Å². The van der Waals surface area contributed by atoms with Crippen LogP contribution in [0.4, 0.5) is 5.69 Å². The number of benzene rings is 2. The van der Waals surface area contributed by atoms with Crippen LogP contribution in [-0.2, 0) is 11.3 Å². The summed E-state index contributed by atoms with van der Waals surface area (Å²) in [5.74, 6) is 2.70. The molecule has 0 spiro atoms. The summed E-state index contributed by atoms with van der Waals surface area (Å²) in [5.41, 5.74) is 0.776. The zero-order chi connectivity index (χ0) is 22.2. The van der Waals surface area contributed by atoms with Crippen LogP contribution in [0.1, 0.15) is 32.7 Å². The third-order valence-electron chi connectivity index (χ3n) is 4.40. The minimum Gasteiger partial charge on any atom is -0.497 e. The van der Waals surface area contributed by atoms with Crippen molar-refractivity contribution < 1.29 is 14.3 Å². The van der Waals surface area contributed by atoms with Crippen molar-refractivity contribution in [2.24, 2.45) is 5.92 Å². The molecule has 0 aliphatic carbocycles. The van der Waals surface area contributed by atoms with Crippen molar-refractivity contribution >= 4 is 23.4 Å². The van der Waals surface area contributed by atoms with Gasteiger partial charge in [-0.15, -0.1) is 10.2 Å². The van der Waals surface area contributed by atoms with E-state index in [-0.39, 0.29) is 17.8 Å². The van der Waals surface area contributed by atoms with Crippen LogP contribution in [0.5, 0.6) is 11.5 Å². The monoisotopic (exact) mass is 440 g/mol. The highest BCUT2D eigenvalue weighted by Crippen LogP contribution is 2.27. The standard InChI is InChI=1S/C23H28N4O3S/c1-16(2)14-27-22(17(3)30-20-12-8-11-19(13-20)29-4)25-26-23(27)31-15-21(28)24-18-9-6-5-7-10-18/h5-13,16-17H,14-15H2,1-4H3,(H,24,28). The molecule has 0 aliphatic heterocycles. The number of hydrogen-bond donors (Lipinski definition) is 1. The van der Waals surface area contributed by atoms with Gasteiger partial charge in [0, 0.05) is 18.3 Å². The van der Waals surface area contributed by atoms with E-state index in [0.717, 1.165) is 23.8 Å². The number of rotatable bonds is 10. The SMILES string of the molecule is COc1cccc(OC(C)c2nnc(SCC(=O)Nc3ccccc3)n2CC(C)C)c1. The number of anilines is 1. The van der Waals surface area contributed by atoms with Gasteiger partial charge in [-0.05, 0) is 37.1 Å². The van der Waals surface area contributed by atoms with Crippen LogP contribution in [-0.4, -0.2) is 33.5 Å². The fourth-order valence-corrected chi connectivity index (χ4v) is 3.78. The van der Waals surface area contributed by atoms with E-state index in [4.69, 9.17) is 9.47 Å². The first-order valence-corrected chi connectivity index (χ1v) is 11.2. The van der Waals surface area contributed by atoms with Crippen molar-refractivity contribution in [1.29, 1.82) is 0 Å². The molecule has 8 heteroatoms. The Morgan fingerprint density at radius 1 is 1.06 bits per heavy atom. The number of para-hydroxylation sites is 1. The second kappa shape index (κ2) is 10.9. The molecular formula is C23H28N4O3S. The Balaban J connectivity index is 1.70. The minimum atomic E-state index is -0.314. The van der Waals surface area contributed by atoms with Crippen molar-refractivity contribution in [3.63, 3.8) is 0 Å². The molecule has 0 saturated carbocycles. The lowest BCUT2D eigenvalue weighted by Gasteiger charge is -2.18. The number of thioether (sulfide) groups is 1. The summed E-state index contributed by atoms with van der Waals surface area (Å²) in [4.78, 5) is 12.3. The summed E-state index contributed by atoms with van der Waals surface area (Å²) in [5, 5.41) is 12.3. The summed E-state index contributed by atoms with van der Waals surface area (Å²) in [6, 6.07) is 16.9. The molecule has 1 N–H and O–H groups in total. The van der Waals surface area contributed by atoms with E-state index in [1.165, 1.54) is 11.8 Å². The number of amides is 1. The summed E-state index contributed by atoms with van der Waals surface area (Å²) in [7, 11) is 1.62. The molecule has 164 valence electrons. The summed E-state index contributed by atoms with van der Waals surface area (Å²) >= 11 is 1.37. The fourth-order valence-electron chi connectivity index (χ4n) is 3.02. The van der Waals surface area contributed by atoms with E-state index in [1.807, 2.05) is 66.1 Å². The molecule has 1 aromatic heterocycles. The third-order valence-corrected chi connectivity index (χ3v) is 5.37. The molecule has 31 heavy (non-hydrogen) atoms. The van der Waals surface area contributed by atoms with E-state index in [0.29, 0.717) is 16.8 Å². The highest BCUT2D eigenvalue weighted by atomic mass is 32.2. The largest absolute Gasteiger partial charge is 0.497 e. The van der Waals surface area contributed by atoms with Crippen LogP contribution in [0.15, 0.2) is 59.8 Å². The molecule has 1 amide bonds. The van der Waals surface area contributed by atoms with Gasteiger partial charge in [-0.3, -0.25) is 4.79 Å². The van der Waals surface area contributed by atoms with E-state index in [9.17, 15) is 4.79 Å². The molecule has 3 rings (SSSR count). The van der Waals surface area contributed by atoms with Crippen molar-refractivity contribution in [3.05, 3.63) is 60.4 Å². The van der Waals surface area contributed by atoms with Crippen LogP contribution in [0.2, 0.25) is 0 Å². The number of methoxy groups -OCH3 is 1. The fraction of sp³-hybridized carbons (Fsp3) is 0.348. The van der Waals surface area contributed by atoms with E-state index >= 15 is 0 Å². The lowest BCUT2D eigenvalue weighted by molar-refractivity contribution is -0.113. The van der Waals surface area contributed by atoms with E-state index < -0.39 is 0 Å². The molecule has 0 radical (unpaired) electrons. The van der Waals surface area contributed by atoms with Crippen LogP contribution < -0.4 is 14.8 Å². The molecule has 7 nitrogen and oxygen atoms in total. The number of carbonyl (C=O) groups is 1. The average Bonchev–Trinajstić information content (AvgIpc) is 3.15. The van der Waals surface area contributed by atoms with Crippen LogP contribution in [0.3, 0.4) is 0 Å². The zero-order valence-corrected chi connectivity index (χ0v) is 19.1. The van der Waals surface area contributed by atoms with Crippen molar-refractivity contribution in [2.75, 3.05) is 18.2 Å². The lowest BCUT2D eigenvalue weighted by Crippen LogP contribution is -2.17. The van der Waals surface area contributed by atoms with Crippen molar-refractivity contribution in [1.82, 2.24) is 14.8 Å². The first kappa shape index (κ1) is 22.7. The van der Waals surface area contributed by atoms with Gasteiger partial charge in [-0.1, -0.05) is 49.9 Å². The molecule has 3 aromatic rings. The quantitative estimate of drug-likeness (QED) is 0.456. The Bertz CT molecular complexity index is 991. The molecule has 2 aromatic carbocycles. The topological polar surface area (TPSA) is 78.3 Å². The first-order chi connectivity index (χ1) is 15.0. The van der Waals surface area contributed by atoms with Crippen molar-refractivity contribution in [3.8, 4) is 11.5 Å². The first-order valence-electron chi connectivity index (χ1n) is 10.2. The van der Waals surface area contributed by atoms with E-state index in [2.05, 4.69) is 29.4 Å². The Morgan fingerprint density at radius 3 is 2.52 bits per heavy atom. The number of hydrogen-bond acceptors (Lipinski definition) is 6. The van der Waals surface area contributed by atoms with Gasteiger partial charge in [-0.25, -0.2) is 0 Å². The number of nitrogens with one attached hydrogen (secondary N) is 1. The highest BCUT2D eigenvalue weighted by Gasteiger charge is 2.21. The maximum absolute atomic E-state index is 12.3. The Kier molecular flexibility index (Phi) is 7.94. The Hall–Kier alpha value is -3.00. The van der Waals surface area contributed by atoms with Gasteiger partial charge in [0.05, 0.1) is 12.9 Å². The minimum absolute atomic E-state index is 0.0856. The molecular weight excluding hydrogens is 412 g/mol. The maximum Gasteiger partial charge on any atom is 0.234 e. The van der Waals surface area contributed by atoms with Gasteiger partial charge < -0.3 is 19.4 Å². The van der Waals surface area contributed by atoms with E-state index in [1.54, 1.807) is 7.11 Å².